The number of carbonyl (C=O) groups is 2. The molecule has 0 unspecified atom stereocenters. The molecule has 0 radical (unpaired) electrons. The normalized spacial score (nSPS) is 11.1. The maximum absolute atomic E-state index is 11.8. The van der Waals surface area contributed by atoms with Crippen molar-refractivity contribution in [1.29, 1.82) is 0 Å². The van der Waals surface area contributed by atoms with E-state index in [-0.39, 0.29) is 17.7 Å². The standard InChI is InChI=1S/C19H29ClN2O3/c1-14-7-5-8-15(2)17(14)25-12-6-9-16(23)21-10-11-22-18(24)19(3,4)13-20/h5,7-8H,6,9-13H2,1-4H3,(H,21,23)(H,22,24). The average molecular weight is 369 g/mol. The van der Waals surface area contributed by atoms with E-state index in [4.69, 9.17) is 16.3 Å². The van der Waals surface area contributed by atoms with E-state index in [0.717, 1.165) is 16.9 Å². The maximum Gasteiger partial charge on any atom is 0.226 e. The Hall–Kier alpha value is -1.75. The minimum atomic E-state index is -0.601. The minimum absolute atomic E-state index is 0.0454. The second-order valence-corrected chi connectivity index (χ2v) is 7.06. The Labute approximate surface area is 155 Å². The molecule has 1 rings (SSSR count). The number of aryl methyl sites for hydroxylation is 2. The van der Waals surface area contributed by atoms with Crippen LogP contribution >= 0.6 is 11.6 Å². The lowest BCUT2D eigenvalue weighted by atomic mass is 9.95. The van der Waals surface area contributed by atoms with Gasteiger partial charge in [-0.3, -0.25) is 9.59 Å². The molecule has 1 aromatic carbocycles. The van der Waals surface area contributed by atoms with Crippen LogP contribution in [-0.4, -0.2) is 37.4 Å². The predicted octanol–water partition coefficient (Wildman–Crippen LogP) is 2.96. The van der Waals surface area contributed by atoms with Crippen molar-refractivity contribution < 1.29 is 14.3 Å². The number of halogens is 1. The van der Waals surface area contributed by atoms with Crippen molar-refractivity contribution in [2.75, 3.05) is 25.6 Å². The summed E-state index contributed by atoms with van der Waals surface area (Å²) >= 11 is 5.74. The Kier molecular flexibility index (Phi) is 8.76. The maximum atomic E-state index is 11.8. The van der Waals surface area contributed by atoms with Crippen LogP contribution in [-0.2, 0) is 9.59 Å². The summed E-state index contributed by atoms with van der Waals surface area (Å²) in [6.45, 7) is 8.88. The minimum Gasteiger partial charge on any atom is -0.493 e. The molecule has 0 heterocycles. The van der Waals surface area contributed by atoms with Gasteiger partial charge in [0, 0.05) is 25.4 Å². The summed E-state index contributed by atoms with van der Waals surface area (Å²) < 4.78 is 5.78. The third-order valence-corrected chi connectivity index (χ3v) is 4.55. The van der Waals surface area contributed by atoms with E-state index in [1.54, 1.807) is 13.8 Å². The molecule has 25 heavy (non-hydrogen) atoms. The van der Waals surface area contributed by atoms with Gasteiger partial charge in [0.25, 0.3) is 0 Å². The first-order valence-electron chi connectivity index (χ1n) is 8.58. The van der Waals surface area contributed by atoms with Crippen LogP contribution in [0.1, 0.15) is 37.8 Å². The fraction of sp³-hybridized carbons (Fsp3) is 0.579. The number of para-hydroxylation sites is 1. The summed E-state index contributed by atoms with van der Waals surface area (Å²) in [6.07, 6.45) is 1.04. The molecule has 0 fully saturated rings. The summed E-state index contributed by atoms with van der Waals surface area (Å²) in [7, 11) is 0. The molecule has 0 aliphatic rings. The molecule has 140 valence electrons. The van der Waals surface area contributed by atoms with E-state index in [0.29, 0.717) is 32.5 Å². The quantitative estimate of drug-likeness (QED) is 0.493. The Bertz CT molecular complexity index is 568. The highest BCUT2D eigenvalue weighted by Crippen LogP contribution is 2.22. The molecule has 0 spiro atoms. The summed E-state index contributed by atoms with van der Waals surface area (Å²) in [5, 5.41) is 5.55. The van der Waals surface area contributed by atoms with Gasteiger partial charge in [0.1, 0.15) is 5.75 Å². The molecule has 0 atom stereocenters. The first kappa shape index (κ1) is 21.3. The van der Waals surface area contributed by atoms with Gasteiger partial charge < -0.3 is 15.4 Å². The number of hydrogen-bond acceptors (Lipinski definition) is 3. The third-order valence-electron chi connectivity index (χ3n) is 3.88. The highest BCUT2D eigenvalue weighted by Gasteiger charge is 2.25. The van der Waals surface area contributed by atoms with Gasteiger partial charge in [0.2, 0.25) is 11.8 Å². The van der Waals surface area contributed by atoms with E-state index in [2.05, 4.69) is 10.6 Å². The Balaban J connectivity index is 2.16. The van der Waals surface area contributed by atoms with Crippen molar-refractivity contribution in [2.24, 2.45) is 5.41 Å². The van der Waals surface area contributed by atoms with Crippen LogP contribution < -0.4 is 15.4 Å². The first-order chi connectivity index (χ1) is 11.8. The first-order valence-corrected chi connectivity index (χ1v) is 9.11. The van der Waals surface area contributed by atoms with E-state index in [9.17, 15) is 9.59 Å². The lowest BCUT2D eigenvalue weighted by Gasteiger charge is -2.20. The summed E-state index contributed by atoms with van der Waals surface area (Å²) in [5.74, 6) is 0.994. The third kappa shape index (κ3) is 7.34. The van der Waals surface area contributed by atoms with Gasteiger partial charge in [0.15, 0.2) is 0 Å². The molecular formula is C19H29ClN2O3. The second kappa shape index (κ2) is 10.3. The zero-order valence-electron chi connectivity index (χ0n) is 15.6. The van der Waals surface area contributed by atoms with Gasteiger partial charge in [0.05, 0.1) is 12.0 Å². The van der Waals surface area contributed by atoms with Crippen LogP contribution in [0.2, 0.25) is 0 Å². The molecular weight excluding hydrogens is 340 g/mol. The topological polar surface area (TPSA) is 67.4 Å². The molecule has 2 N–H and O–H groups in total. The SMILES string of the molecule is Cc1cccc(C)c1OCCCC(=O)NCCNC(=O)C(C)(C)CCl. The summed E-state index contributed by atoms with van der Waals surface area (Å²) in [4.78, 5) is 23.6. The molecule has 0 aliphatic heterocycles. The largest absolute Gasteiger partial charge is 0.493 e. The molecule has 5 nitrogen and oxygen atoms in total. The van der Waals surface area contributed by atoms with Crippen LogP contribution in [0, 0.1) is 19.3 Å². The second-order valence-electron chi connectivity index (χ2n) is 6.80. The van der Waals surface area contributed by atoms with Crippen LogP contribution in [0.3, 0.4) is 0 Å². The van der Waals surface area contributed by atoms with Crippen molar-refractivity contribution in [3.63, 3.8) is 0 Å². The predicted molar refractivity (Wildman–Crippen MR) is 101 cm³/mol. The monoisotopic (exact) mass is 368 g/mol. The van der Waals surface area contributed by atoms with Crippen molar-refractivity contribution in [3.05, 3.63) is 29.3 Å². The van der Waals surface area contributed by atoms with E-state index in [1.807, 2.05) is 32.0 Å². The van der Waals surface area contributed by atoms with Crippen LogP contribution in [0.4, 0.5) is 0 Å². The van der Waals surface area contributed by atoms with Crippen LogP contribution in [0.5, 0.6) is 5.75 Å². The molecule has 0 bridgehead atoms. The summed E-state index contributed by atoms with van der Waals surface area (Å²) in [5.41, 5.74) is 1.59. The van der Waals surface area contributed by atoms with Crippen molar-refractivity contribution in [3.8, 4) is 5.75 Å². The molecule has 1 aromatic rings. The number of carbonyl (C=O) groups excluding carboxylic acids is 2. The van der Waals surface area contributed by atoms with Crippen molar-refractivity contribution in [1.82, 2.24) is 10.6 Å². The van der Waals surface area contributed by atoms with Gasteiger partial charge >= 0.3 is 0 Å². The Morgan fingerprint density at radius 2 is 1.72 bits per heavy atom. The number of ether oxygens (including phenoxy) is 1. The zero-order chi connectivity index (χ0) is 18.9. The lowest BCUT2D eigenvalue weighted by molar-refractivity contribution is -0.128. The van der Waals surface area contributed by atoms with E-state index in [1.165, 1.54) is 0 Å². The number of hydrogen-bond donors (Lipinski definition) is 2. The molecule has 0 aromatic heterocycles. The molecule has 0 aliphatic carbocycles. The smallest absolute Gasteiger partial charge is 0.226 e. The molecule has 2 amide bonds. The van der Waals surface area contributed by atoms with Gasteiger partial charge in [-0.2, -0.15) is 0 Å². The number of benzene rings is 1. The van der Waals surface area contributed by atoms with Crippen LogP contribution in [0.15, 0.2) is 18.2 Å². The Morgan fingerprint density at radius 1 is 1.12 bits per heavy atom. The van der Waals surface area contributed by atoms with Crippen molar-refractivity contribution in [2.45, 2.75) is 40.5 Å². The van der Waals surface area contributed by atoms with Crippen molar-refractivity contribution >= 4 is 23.4 Å². The summed E-state index contributed by atoms with van der Waals surface area (Å²) in [6, 6.07) is 6.02. The number of rotatable bonds is 10. The highest BCUT2D eigenvalue weighted by molar-refractivity contribution is 6.19. The van der Waals surface area contributed by atoms with Gasteiger partial charge in [-0.1, -0.05) is 18.2 Å². The number of nitrogens with one attached hydrogen (secondary N) is 2. The molecule has 6 heteroatoms. The lowest BCUT2D eigenvalue weighted by Crippen LogP contribution is -2.41. The average Bonchev–Trinajstić information content (AvgIpc) is 2.57. The fourth-order valence-corrected chi connectivity index (χ4v) is 2.32. The number of alkyl halides is 1. The Morgan fingerprint density at radius 3 is 2.32 bits per heavy atom. The van der Waals surface area contributed by atoms with Gasteiger partial charge in [-0.05, 0) is 45.2 Å². The molecule has 0 saturated carbocycles. The van der Waals surface area contributed by atoms with Gasteiger partial charge in [-0.15, -0.1) is 11.6 Å². The zero-order valence-corrected chi connectivity index (χ0v) is 16.3. The highest BCUT2D eigenvalue weighted by atomic mass is 35.5. The fourth-order valence-electron chi connectivity index (χ4n) is 2.20. The van der Waals surface area contributed by atoms with E-state index < -0.39 is 5.41 Å². The molecule has 0 saturated heterocycles. The van der Waals surface area contributed by atoms with Crippen LogP contribution in [0.25, 0.3) is 0 Å². The van der Waals surface area contributed by atoms with E-state index >= 15 is 0 Å². The number of amides is 2. The van der Waals surface area contributed by atoms with Gasteiger partial charge in [-0.25, -0.2) is 0 Å².